The monoisotopic (exact) mass is 343 g/mol. The summed E-state index contributed by atoms with van der Waals surface area (Å²) in [6, 6.07) is 10.1. The van der Waals surface area contributed by atoms with Crippen LogP contribution in [0.25, 0.3) is 0 Å². The number of sulfonamides is 1. The summed E-state index contributed by atoms with van der Waals surface area (Å²) in [4.78, 5) is -0.102. The Morgan fingerprint density at radius 1 is 1.16 bits per heavy atom. The highest BCUT2D eigenvalue weighted by molar-refractivity contribution is 9.10. The molecular formula is C13H11BrFNO2S. The molecule has 100 valence electrons. The van der Waals surface area contributed by atoms with Crippen molar-refractivity contribution >= 4 is 31.6 Å². The van der Waals surface area contributed by atoms with Gasteiger partial charge in [0.15, 0.2) is 0 Å². The molecule has 2 aromatic rings. The standard InChI is InChI=1S/C13H11BrFNO2S/c1-9-7-10(14)5-6-13(9)16-19(17,18)12-4-2-3-11(15)8-12/h2-8,16H,1H3. The molecule has 0 aliphatic rings. The second kappa shape index (κ2) is 5.30. The summed E-state index contributed by atoms with van der Waals surface area (Å²) in [5.41, 5.74) is 1.24. The van der Waals surface area contributed by atoms with Crippen LogP contribution in [0, 0.1) is 12.7 Å². The molecular weight excluding hydrogens is 333 g/mol. The number of hydrogen-bond acceptors (Lipinski definition) is 2. The molecule has 0 spiro atoms. The largest absolute Gasteiger partial charge is 0.279 e. The van der Waals surface area contributed by atoms with Gasteiger partial charge in [0.2, 0.25) is 0 Å². The molecule has 1 N–H and O–H groups in total. The Hall–Kier alpha value is -1.40. The predicted molar refractivity (Wildman–Crippen MR) is 76.1 cm³/mol. The van der Waals surface area contributed by atoms with E-state index in [1.807, 2.05) is 0 Å². The van der Waals surface area contributed by atoms with E-state index in [1.165, 1.54) is 18.2 Å². The van der Waals surface area contributed by atoms with Gasteiger partial charge in [-0.25, -0.2) is 12.8 Å². The van der Waals surface area contributed by atoms with Gasteiger partial charge in [0.05, 0.1) is 10.6 Å². The minimum absolute atomic E-state index is 0.102. The molecule has 0 aliphatic carbocycles. The maximum absolute atomic E-state index is 13.1. The van der Waals surface area contributed by atoms with Crippen LogP contribution in [-0.4, -0.2) is 8.42 Å². The average molecular weight is 344 g/mol. The first-order valence-corrected chi connectivity index (χ1v) is 7.71. The highest BCUT2D eigenvalue weighted by atomic mass is 79.9. The number of rotatable bonds is 3. The van der Waals surface area contributed by atoms with E-state index in [-0.39, 0.29) is 4.90 Å². The number of aryl methyl sites for hydroxylation is 1. The molecule has 0 saturated heterocycles. The number of anilines is 1. The molecule has 0 saturated carbocycles. The van der Waals surface area contributed by atoms with Crippen LogP contribution in [0.1, 0.15) is 5.56 Å². The van der Waals surface area contributed by atoms with Crippen molar-refractivity contribution in [2.75, 3.05) is 4.72 Å². The van der Waals surface area contributed by atoms with E-state index in [1.54, 1.807) is 25.1 Å². The van der Waals surface area contributed by atoms with Crippen LogP contribution in [0.4, 0.5) is 10.1 Å². The molecule has 0 aliphatic heterocycles. The van der Waals surface area contributed by atoms with E-state index in [4.69, 9.17) is 0 Å². The summed E-state index contributed by atoms with van der Waals surface area (Å²) in [5.74, 6) is -0.588. The van der Waals surface area contributed by atoms with Gasteiger partial charge in [0.25, 0.3) is 10.0 Å². The Kier molecular flexibility index (Phi) is 3.91. The zero-order valence-electron chi connectivity index (χ0n) is 10.0. The van der Waals surface area contributed by atoms with Gasteiger partial charge in [0.1, 0.15) is 5.82 Å². The lowest BCUT2D eigenvalue weighted by Gasteiger charge is -2.10. The van der Waals surface area contributed by atoms with Crippen molar-refractivity contribution in [2.45, 2.75) is 11.8 Å². The van der Waals surface area contributed by atoms with Crippen LogP contribution < -0.4 is 4.72 Å². The third kappa shape index (κ3) is 3.33. The molecule has 0 bridgehead atoms. The molecule has 0 atom stereocenters. The molecule has 0 radical (unpaired) electrons. The van der Waals surface area contributed by atoms with Crippen LogP contribution in [0.5, 0.6) is 0 Å². The first-order chi connectivity index (χ1) is 8.88. The van der Waals surface area contributed by atoms with Gasteiger partial charge in [-0.05, 0) is 48.9 Å². The number of halogens is 2. The molecule has 0 unspecified atom stereocenters. The highest BCUT2D eigenvalue weighted by Crippen LogP contribution is 2.23. The Labute approximate surface area is 119 Å². The van der Waals surface area contributed by atoms with Crippen molar-refractivity contribution in [1.29, 1.82) is 0 Å². The van der Waals surface area contributed by atoms with E-state index >= 15 is 0 Å². The second-order valence-corrected chi connectivity index (χ2v) is 6.62. The van der Waals surface area contributed by atoms with E-state index in [0.717, 1.165) is 16.1 Å². The van der Waals surface area contributed by atoms with Crippen LogP contribution in [0.2, 0.25) is 0 Å². The van der Waals surface area contributed by atoms with E-state index in [0.29, 0.717) is 5.69 Å². The lowest BCUT2D eigenvalue weighted by molar-refractivity contribution is 0.595. The zero-order chi connectivity index (χ0) is 14.0. The van der Waals surface area contributed by atoms with Crippen molar-refractivity contribution in [3.8, 4) is 0 Å². The fraction of sp³-hybridized carbons (Fsp3) is 0.0769. The predicted octanol–water partition coefficient (Wildman–Crippen LogP) is 3.70. The van der Waals surface area contributed by atoms with Gasteiger partial charge < -0.3 is 0 Å². The number of nitrogens with one attached hydrogen (secondary N) is 1. The molecule has 2 aromatic carbocycles. The summed E-state index contributed by atoms with van der Waals surface area (Å²) in [6.07, 6.45) is 0. The second-order valence-electron chi connectivity index (χ2n) is 4.02. The Balaban J connectivity index is 2.36. The summed E-state index contributed by atoms with van der Waals surface area (Å²) < 4.78 is 40.6. The molecule has 3 nitrogen and oxygen atoms in total. The van der Waals surface area contributed by atoms with Gasteiger partial charge >= 0.3 is 0 Å². The van der Waals surface area contributed by atoms with Crippen molar-refractivity contribution in [1.82, 2.24) is 0 Å². The first kappa shape index (κ1) is 14.0. The summed E-state index contributed by atoms with van der Waals surface area (Å²) in [6.45, 7) is 1.79. The van der Waals surface area contributed by atoms with Gasteiger partial charge in [-0.3, -0.25) is 4.72 Å². The van der Waals surface area contributed by atoms with Gasteiger partial charge in [-0.15, -0.1) is 0 Å². The van der Waals surface area contributed by atoms with Crippen LogP contribution in [-0.2, 0) is 10.0 Å². The van der Waals surface area contributed by atoms with E-state index in [9.17, 15) is 12.8 Å². The third-order valence-corrected chi connectivity index (χ3v) is 4.40. The average Bonchev–Trinajstić information content (AvgIpc) is 2.33. The lowest BCUT2D eigenvalue weighted by atomic mass is 10.2. The van der Waals surface area contributed by atoms with Crippen molar-refractivity contribution in [3.63, 3.8) is 0 Å². The summed E-state index contributed by atoms with van der Waals surface area (Å²) in [5, 5.41) is 0. The van der Waals surface area contributed by atoms with Crippen LogP contribution >= 0.6 is 15.9 Å². The Morgan fingerprint density at radius 2 is 1.89 bits per heavy atom. The van der Waals surface area contributed by atoms with E-state index in [2.05, 4.69) is 20.7 Å². The topological polar surface area (TPSA) is 46.2 Å². The minimum Gasteiger partial charge on any atom is -0.279 e. The van der Waals surface area contributed by atoms with Crippen molar-refractivity contribution < 1.29 is 12.8 Å². The molecule has 2 rings (SSSR count). The smallest absolute Gasteiger partial charge is 0.262 e. The Bertz CT molecular complexity index is 716. The van der Waals surface area contributed by atoms with Crippen molar-refractivity contribution in [3.05, 3.63) is 58.3 Å². The zero-order valence-corrected chi connectivity index (χ0v) is 12.4. The molecule has 0 heterocycles. The molecule has 0 fully saturated rings. The Morgan fingerprint density at radius 3 is 2.53 bits per heavy atom. The highest BCUT2D eigenvalue weighted by Gasteiger charge is 2.15. The van der Waals surface area contributed by atoms with Gasteiger partial charge in [-0.1, -0.05) is 22.0 Å². The summed E-state index contributed by atoms with van der Waals surface area (Å²) >= 11 is 3.30. The fourth-order valence-electron chi connectivity index (χ4n) is 1.58. The molecule has 19 heavy (non-hydrogen) atoms. The lowest BCUT2D eigenvalue weighted by Crippen LogP contribution is -2.13. The quantitative estimate of drug-likeness (QED) is 0.923. The maximum Gasteiger partial charge on any atom is 0.262 e. The van der Waals surface area contributed by atoms with Gasteiger partial charge in [-0.2, -0.15) is 0 Å². The maximum atomic E-state index is 13.1. The van der Waals surface area contributed by atoms with Crippen LogP contribution in [0.15, 0.2) is 51.8 Å². The summed E-state index contributed by atoms with van der Waals surface area (Å²) in [7, 11) is -3.78. The van der Waals surface area contributed by atoms with E-state index < -0.39 is 15.8 Å². The van der Waals surface area contributed by atoms with Crippen molar-refractivity contribution in [2.24, 2.45) is 0 Å². The minimum atomic E-state index is -3.78. The molecule has 0 aromatic heterocycles. The van der Waals surface area contributed by atoms with Crippen LogP contribution in [0.3, 0.4) is 0 Å². The molecule has 0 amide bonds. The van der Waals surface area contributed by atoms with Gasteiger partial charge in [0, 0.05) is 4.47 Å². The SMILES string of the molecule is Cc1cc(Br)ccc1NS(=O)(=O)c1cccc(F)c1. The molecule has 6 heteroatoms. The third-order valence-electron chi connectivity index (χ3n) is 2.54. The number of benzene rings is 2. The normalized spacial score (nSPS) is 11.3. The first-order valence-electron chi connectivity index (χ1n) is 5.43. The number of hydrogen-bond donors (Lipinski definition) is 1. The fourth-order valence-corrected chi connectivity index (χ4v) is 3.22.